The molecule has 1 amide bonds. The molecule has 0 aliphatic rings. The highest BCUT2D eigenvalue weighted by Crippen LogP contribution is 2.17. The molecule has 2 aromatic rings. The molecule has 1 unspecified atom stereocenters. The number of sulfonamides is 1. The van der Waals surface area contributed by atoms with Crippen LogP contribution >= 0.6 is 0 Å². The lowest BCUT2D eigenvalue weighted by atomic mass is 10.1. The molecule has 2 rings (SSSR count). The summed E-state index contributed by atoms with van der Waals surface area (Å²) in [6, 6.07) is 7.85. The molecule has 0 fully saturated rings. The normalized spacial score (nSPS) is 12.6. The number of amides is 1. The van der Waals surface area contributed by atoms with E-state index in [1.807, 2.05) is 6.92 Å². The van der Waals surface area contributed by atoms with Crippen LogP contribution in [-0.2, 0) is 14.8 Å². The minimum Gasteiger partial charge on any atom is -0.350 e. The van der Waals surface area contributed by atoms with Crippen molar-refractivity contribution in [2.75, 3.05) is 6.54 Å². The van der Waals surface area contributed by atoms with Gasteiger partial charge in [0.15, 0.2) is 11.6 Å². The molecule has 146 valence electrons. The van der Waals surface area contributed by atoms with Crippen LogP contribution in [0.5, 0.6) is 0 Å². The predicted molar refractivity (Wildman–Crippen MR) is 98.6 cm³/mol. The summed E-state index contributed by atoms with van der Waals surface area (Å²) >= 11 is 0. The van der Waals surface area contributed by atoms with Crippen molar-refractivity contribution >= 4 is 15.9 Å². The summed E-state index contributed by atoms with van der Waals surface area (Å²) in [4.78, 5) is 12.2. The molecule has 0 heterocycles. The number of carbonyl (C=O) groups excluding carboxylic acids is 1. The molecule has 8 heteroatoms. The van der Waals surface area contributed by atoms with Gasteiger partial charge in [-0.15, -0.1) is 0 Å². The molecule has 0 radical (unpaired) electrons. The first-order valence-corrected chi connectivity index (χ1v) is 9.89. The van der Waals surface area contributed by atoms with Gasteiger partial charge < -0.3 is 5.32 Å². The highest BCUT2D eigenvalue weighted by atomic mass is 32.2. The van der Waals surface area contributed by atoms with E-state index < -0.39 is 33.6 Å². The maximum atomic E-state index is 13.3. The first kappa shape index (κ1) is 21.0. The zero-order valence-electron chi connectivity index (χ0n) is 15.3. The molecule has 0 saturated heterocycles. The lowest BCUT2D eigenvalue weighted by molar-refractivity contribution is -0.121. The largest absolute Gasteiger partial charge is 0.350 e. The highest BCUT2D eigenvalue weighted by molar-refractivity contribution is 7.89. The third-order valence-corrected chi connectivity index (χ3v) is 5.71. The van der Waals surface area contributed by atoms with E-state index in [0.29, 0.717) is 11.1 Å². The second-order valence-corrected chi connectivity index (χ2v) is 8.11. The average molecular weight is 396 g/mol. The van der Waals surface area contributed by atoms with Gasteiger partial charge in [-0.05, 0) is 50.1 Å². The van der Waals surface area contributed by atoms with E-state index in [4.69, 9.17) is 0 Å². The summed E-state index contributed by atoms with van der Waals surface area (Å²) in [5, 5.41) is 2.62. The lowest BCUT2D eigenvalue weighted by Gasteiger charge is -2.15. The maximum Gasteiger partial charge on any atom is 0.240 e. The summed E-state index contributed by atoms with van der Waals surface area (Å²) in [6.45, 7) is 5.13. The van der Waals surface area contributed by atoms with Crippen molar-refractivity contribution < 1.29 is 22.0 Å². The first-order valence-electron chi connectivity index (χ1n) is 8.41. The highest BCUT2D eigenvalue weighted by Gasteiger charge is 2.17. The van der Waals surface area contributed by atoms with Gasteiger partial charge in [-0.3, -0.25) is 4.79 Å². The smallest absolute Gasteiger partial charge is 0.240 e. The monoisotopic (exact) mass is 396 g/mol. The summed E-state index contributed by atoms with van der Waals surface area (Å²) < 4.78 is 53.3. The van der Waals surface area contributed by atoms with Gasteiger partial charge in [0, 0.05) is 13.0 Å². The van der Waals surface area contributed by atoms with E-state index in [2.05, 4.69) is 10.0 Å². The molecule has 0 aromatic heterocycles. The zero-order valence-corrected chi connectivity index (χ0v) is 16.2. The van der Waals surface area contributed by atoms with Crippen molar-refractivity contribution in [3.05, 3.63) is 64.7 Å². The van der Waals surface area contributed by atoms with Crippen LogP contribution < -0.4 is 10.0 Å². The van der Waals surface area contributed by atoms with Crippen molar-refractivity contribution in [2.45, 2.75) is 38.1 Å². The van der Waals surface area contributed by atoms with Crippen LogP contribution in [0.1, 0.15) is 36.1 Å². The van der Waals surface area contributed by atoms with Gasteiger partial charge >= 0.3 is 0 Å². The summed E-state index contributed by atoms with van der Waals surface area (Å²) in [5.74, 6) is -2.36. The third-order valence-electron chi connectivity index (χ3n) is 4.09. The van der Waals surface area contributed by atoms with Gasteiger partial charge in [0.05, 0.1) is 10.9 Å². The Morgan fingerprint density at radius 3 is 2.41 bits per heavy atom. The van der Waals surface area contributed by atoms with Crippen LogP contribution in [0.3, 0.4) is 0 Å². The topological polar surface area (TPSA) is 75.3 Å². The Bertz CT molecular complexity index is 946. The number of hydrogen-bond acceptors (Lipinski definition) is 3. The Balaban J connectivity index is 1.90. The fraction of sp³-hybridized carbons (Fsp3) is 0.316. The predicted octanol–water partition coefficient (Wildman–Crippen LogP) is 3.13. The lowest BCUT2D eigenvalue weighted by Crippen LogP contribution is -2.32. The Hall–Kier alpha value is -2.32. The van der Waals surface area contributed by atoms with Crippen molar-refractivity contribution in [3.63, 3.8) is 0 Å². The molecule has 2 N–H and O–H groups in total. The van der Waals surface area contributed by atoms with E-state index >= 15 is 0 Å². The number of halogens is 2. The average Bonchev–Trinajstić information content (AvgIpc) is 2.56. The van der Waals surface area contributed by atoms with Crippen LogP contribution in [-0.4, -0.2) is 20.9 Å². The van der Waals surface area contributed by atoms with Gasteiger partial charge in [0.2, 0.25) is 15.9 Å². The molecule has 5 nitrogen and oxygen atoms in total. The molecule has 0 spiro atoms. The molecule has 0 saturated carbocycles. The van der Waals surface area contributed by atoms with Gasteiger partial charge in [-0.2, -0.15) is 0 Å². The molecule has 27 heavy (non-hydrogen) atoms. The van der Waals surface area contributed by atoms with Gasteiger partial charge in [-0.25, -0.2) is 21.9 Å². The molecule has 2 aromatic carbocycles. The zero-order chi connectivity index (χ0) is 20.2. The second-order valence-electron chi connectivity index (χ2n) is 6.38. The maximum absolute atomic E-state index is 13.3. The molecule has 1 atom stereocenters. The Morgan fingerprint density at radius 1 is 1.07 bits per heavy atom. The van der Waals surface area contributed by atoms with Crippen LogP contribution in [0.15, 0.2) is 41.3 Å². The van der Waals surface area contributed by atoms with Crippen molar-refractivity contribution in [3.8, 4) is 0 Å². The number of benzene rings is 2. The van der Waals surface area contributed by atoms with E-state index in [1.54, 1.807) is 26.0 Å². The number of carbonyl (C=O) groups is 1. The van der Waals surface area contributed by atoms with E-state index in [-0.39, 0.29) is 17.9 Å². The van der Waals surface area contributed by atoms with Gasteiger partial charge in [0.25, 0.3) is 0 Å². The molecule has 0 bridgehead atoms. The van der Waals surface area contributed by atoms with Crippen molar-refractivity contribution in [1.29, 1.82) is 0 Å². The molecule has 0 aliphatic heterocycles. The van der Waals surface area contributed by atoms with Crippen LogP contribution in [0.25, 0.3) is 0 Å². The van der Waals surface area contributed by atoms with Crippen LogP contribution in [0.4, 0.5) is 8.78 Å². The van der Waals surface area contributed by atoms with E-state index in [1.165, 1.54) is 12.1 Å². The molecular formula is C19H22F2N2O3S. The Morgan fingerprint density at radius 2 is 1.78 bits per heavy atom. The first-order chi connectivity index (χ1) is 12.6. The number of rotatable bonds is 7. The van der Waals surface area contributed by atoms with Crippen molar-refractivity contribution in [2.24, 2.45) is 0 Å². The van der Waals surface area contributed by atoms with Crippen molar-refractivity contribution in [1.82, 2.24) is 10.0 Å². The quantitative estimate of drug-likeness (QED) is 0.755. The van der Waals surface area contributed by atoms with Gasteiger partial charge in [0.1, 0.15) is 0 Å². The van der Waals surface area contributed by atoms with E-state index in [9.17, 15) is 22.0 Å². The summed E-state index contributed by atoms with van der Waals surface area (Å²) in [5.41, 5.74) is 1.99. The SMILES string of the molecule is Cc1ccc(S(=O)(=O)NCCC(=O)NC(C)c2ccc(F)c(F)c2)c(C)c1. The fourth-order valence-corrected chi connectivity index (χ4v) is 3.91. The minimum atomic E-state index is -3.72. The summed E-state index contributed by atoms with van der Waals surface area (Å²) in [7, 11) is -3.72. The Kier molecular flexibility index (Phi) is 6.67. The van der Waals surface area contributed by atoms with Crippen LogP contribution in [0, 0.1) is 25.5 Å². The number of aryl methyl sites for hydroxylation is 2. The van der Waals surface area contributed by atoms with Gasteiger partial charge in [-0.1, -0.05) is 23.8 Å². The second kappa shape index (κ2) is 8.58. The Labute approximate surface area is 157 Å². The molecule has 0 aliphatic carbocycles. The van der Waals surface area contributed by atoms with Crippen LogP contribution in [0.2, 0.25) is 0 Å². The molecular weight excluding hydrogens is 374 g/mol. The number of hydrogen-bond donors (Lipinski definition) is 2. The minimum absolute atomic E-state index is 0.0774. The number of nitrogens with one attached hydrogen (secondary N) is 2. The van der Waals surface area contributed by atoms with E-state index in [0.717, 1.165) is 17.7 Å². The third kappa shape index (κ3) is 5.58. The fourth-order valence-electron chi connectivity index (χ4n) is 2.66. The standard InChI is InChI=1S/C19H22F2N2O3S/c1-12-4-7-18(13(2)10-12)27(25,26)22-9-8-19(24)23-14(3)15-5-6-16(20)17(21)11-15/h4-7,10-11,14,22H,8-9H2,1-3H3,(H,23,24). The summed E-state index contributed by atoms with van der Waals surface area (Å²) in [6.07, 6.45) is -0.0852.